The quantitative estimate of drug-likeness (QED) is 0.617. The van der Waals surface area contributed by atoms with Gasteiger partial charge in [0.1, 0.15) is 12.0 Å². The zero-order valence-corrected chi connectivity index (χ0v) is 15.5. The third-order valence-corrected chi connectivity index (χ3v) is 6.31. The molecule has 2 bridgehead atoms. The average Bonchev–Trinajstić information content (AvgIpc) is 2.92. The minimum Gasteiger partial charge on any atom is -0.461 e. The van der Waals surface area contributed by atoms with E-state index >= 15 is 0 Å². The van der Waals surface area contributed by atoms with Crippen LogP contribution in [-0.4, -0.2) is 52.4 Å². The van der Waals surface area contributed by atoms with Crippen LogP contribution < -0.4 is 0 Å². The molecular formula is C22H34NO3+. The molecule has 2 saturated heterocycles. The van der Waals surface area contributed by atoms with Crippen molar-refractivity contribution in [3.63, 3.8) is 0 Å². The monoisotopic (exact) mass is 367 g/mol. The summed E-state index contributed by atoms with van der Waals surface area (Å²) in [6.07, 6.45) is 1.22. The molecule has 1 aromatic rings. The van der Waals surface area contributed by atoms with Gasteiger partial charge in [0.05, 0.1) is 32.1 Å². The molecule has 2 heterocycles. The maximum atomic E-state index is 12.9. The number of carbonyl (C=O) groups is 1. The van der Waals surface area contributed by atoms with Crippen LogP contribution in [0, 0.1) is 0 Å². The van der Waals surface area contributed by atoms with Crippen molar-refractivity contribution in [2.24, 2.45) is 0 Å². The second-order valence-corrected chi connectivity index (χ2v) is 7.84. The van der Waals surface area contributed by atoms with E-state index < -0.39 is 62.4 Å². The first-order valence-electron chi connectivity index (χ1n) is 13.0. The molecule has 144 valence electrons. The molecule has 1 aromatic carbocycles. The van der Waals surface area contributed by atoms with Crippen LogP contribution in [0.3, 0.4) is 0 Å². The van der Waals surface area contributed by atoms with E-state index in [0.29, 0.717) is 31.2 Å². The number of esters is 1. The van der Waals surface area contributed by atoms with E-state index in [1.165, 1.54) is 0 Å². The van der Waals surface area contributed by atoms with Gasteiger partial charge in [0.25, 0.3) is 0 Å². The standard InChI is InChI=1S/C22H34NO3/c1-15(2)23(16(3)4)18-10-11-19(23)13-20(12-18)26-22(25)21(14-24)17-8-6-5-7-9-17/h5-9,15-16,18-21,24H,10-14H2,1-4H3/q+1/t18-,19-,21?/m0/s1/i1D3,2D3,15D/t18-,19-,20?,21?,23?. The normalized spacial score (nSPS) is 37.4. The molecule has 1 N–H and O–H groups in total. The molecule has 3 rings (SSSR count). The van der Waals surface area contributed by atoms with Crippen molar-refractivity contribution in [3.8, 4) is 0 Å². The van der Waals surface area contributed by atoms with Gasteiger partial charge in [-0.15, -0.1) is 0 Å². The van der Waals surface area contributed by atoms with E-state index in [1.54, 1.807) is 38.1 Å². The number of fused-ring (bicyclic) bond motifs is 2. The second-order valence-electron chi connectivity index (χ2n) is 7.84. The molecule has 1 unspecified atom stereocenters. The van der Waals surface area contributed by atoms with Crippen molar-refractivity contribution in [2.75, 3.05) is 6.61 Å². The van der Waals surface area contributed by atoms with E-state index in [1.807, 2.05) is 6.07 Å². The highest BCUT2D eigenvalue weighted by molar-refractivity contribution is 5.78. The summed E-state index contributed by atoms with van der Waals surface area (Å²) in [5, 5.41) is 9.78. The summed E-state index contributed by atoms with van der Waals surface area (Å²) in [4.78, 5) is 12.9. The minimum atomic E-state index is -3.03. The van der Waals surface area contributed by atoms with Crippen molar-refractivity contribution in [3.05, 3.63) is 35.9 Å². The zero-order chi connectivity index (χ0) is 24.8. The Morgan fingerprint density at radius 2 is 1.88 bits per heavy atom. The fourth-order valence-electron chi connectivity index (χ4n) is 5.21. The molecule has 2 fully saturated rings. The average molecular weight is 368 g/mol. The summed E-state index contributed by atoms with van der Waals surface area (Å²) >= 11 is 0. The highest BCUT2D eigenvalue weighted by Crippen LogP contribution is 2.47. The number of carbonyl (C=O) groups excluding carboxylic acids is 1. The number of benzene rings is 1. The van der Waals surface area contributed by atoms with Crippen LogP contribution >= 0.6 is 0 Å². The fraction of sp³-hybridized carbons (Fsp3) is 0.682. The van der Waals surface area contributed by atoms with Crippen LogP contribution in [0.4, 0.5) is 0 Å². The first-order valence-corrected chi connectivity index (χ1v) is 9.46. The Kier molecular flexibility index (Phi) is 3.59. The Morgan fingerprint density at radius 3 is 2.38 bits per heavy atom. The van der Waals surface area contributed by atoms with Gasteiger partial charge < -0.3 is 14.3 Å². The number of rotatable bonds is 6. The fourth-order valence-corrected chi connectivity index (χ4v) is 5.21. The predicted molar refractivity (Wildman–Crippen MR) is 103 cm³/mol. The molecule has 0 aliphatic carbocycles. The lowest BCUT2D eigenvalue weighted by Gasteiger charge is -2.55. The molecule has 0 amide bonds. The maximum Gasteiger partial charge on any atom is 0.316 e. The van der Waals surface area contributed by atoms with Gasteiger partial charge in [0.15, 0.2) is 0 Å². The lowest BCUT2D eigenvalue weighted by molar-refractivity contribution is -1.00. The Labute approximate surface area is 167 Å². The topological polar surface area (TPSA) is 46.5 Å². The van der Waals surface area contributed by atoms with E-state index in [0.717, 1.165) is 0 Å². The van der Waals surface area contributed by atoms with Crippen LogP contribution in [0.1, 0.15) is 74.3 Å². The van der Waals surface area contributed by atoms with Gasteiger partial charge in [-0.3, -0.25) is 4.79 Å². The molecule has 4 heteroatoms. The molecule has 3 atom stereocenters. The Balaban J connectivity index is 1.91. The first kappa shape index (κ1) is 12.1. The minimum absolute atomic E-state index is 0.292. The molecule has 4 nitrogen and oxygen atoms in total. The van der Waals surface area contributed by atoms with Crippen molar-refractivity contribution in [2.45, 2.75) is 89.4 Å². The number of piperidine rings is 1. The van der Waals surface area contributed by atoms with Gasteiger partial charge >= 0.3 is 5.97 Å². The van der Waals surface area contributed by atoms with Crippen molar-refractivity contribution < 1.29 is 28.7 Å². The van der Waals surface area contributed by atoms with Crippen molar-refractivity contribution in [1.29, 1.82) is 0 Å². The number of hydrogen-bond acceptors (Lipinski definition) is 3. The van der Waals surface area contributed by atoms with Gasteiger partial charge in [0.2, 0.25) is 0 Å². The maximum absolute atomic E-state index is 12.9. The summed E-state index contributed by atoms with van der Waals surface area (Å²) in [6.45, 7) is -2.88. The van der Waals surface area contributed by atoms with Crippen molar-refractivity contribution in [1.82, 2.24) is 0 Å². The lowest BCUT2D eigenvalue weighted by Crippen LogP contribution is -2.68. The number of quaternary nitrogens is 1. The Hall–Kier alpha value is -1.39. The molecule has 2 aliphatic heterocycles. The zero-order valence-electron chi connectivity index (χ0n) is 22.5. The third-order valence-electron chi connectivity index (χ3n) is 6.31. The molecule has 0 spiro atoms. The predicted octanol–water partition coefficient (Wildman–Crippen LogP) is 3.63. The summed E-state index contributed by atoms with van der Waals surface area (Å²) < 4.78 is 63.1. The number of ether oxygens (including phenoxy) is 1. The molecule has 0 radical (unpaired) electrons. The van der Waals surface area contributed by atoms with Gasteiger partial charge in [-0.1, -0.05) is 30.3 Å². The number of hydrogen-bond donors (Lipinski definition) is 1. The SMILES string of the molecule is [2H]C([2H])([2H])C([2H])(C([2H])([2H])[2H])[N+]1(C(C)C)[C@H]2CC[C@H]1CC(OC(=O)C(CO)c1ccccc1)C2. The third kappa shape index (κ3) is 3.18. The largest absolute Gasteiger partial charge is 0.461 e. The van der Waals surface area contributed by atoms with E-state index in [2.05, 4.69) is 0 Å². The second kappa shape index (κ2) is 7.69. The van der Waals surface area contributed by atoms with Crippen LogP contribution in [0.15, 0.2) is 30.3 Å². The van der Waals surface area contributed by atoms with E-state index in [-0.39, 0.29) is 4.48 Å². The van der Waals surface area contributed by atoms with Crippen LogP contribution in [0.5, 0.6) is 0 Å². The number of aliphatic hydroxyl groups is 1. The van der Waals surface area contributed by atoms with Gasteiger partial charge in [0, 0.05) is 33.9 Å². The van der Waals surface area contributed by atoms with E-state index in [4.69, 9.17) is 14.3 Å². The lowest BCUT2D eigenvalue weighted by atomic mass is 9.90. The summed E-state index contributed by atoms with van der Waals surface area (Å²) in [5.74, 6) is -1.38. The first-order chi connectivity index (χ1) is 15.2. The van der Waals surface area contributed by atoms with Crippen LogP contribution in [-0.2, 0) is 9.53 Å². The van der Waals surface area contributed by atoms with E-state index in [9.17, 15) is 9.90 Å². The number of nitrogens with zero attached hydrogens (tertiary/aromatic N) is 1. The van der Waals surface area contributed by atoms with Crippen LogP contribution in [0.2, 0.25) is 0 Å². The highest BCUT2D eigenvalue weighted by Gasteiger charge is 2.57. The molecule has 26 heavy (non-hydrogen) atoms. The summed E-state index contributed by atoms with van der Waals surface area (Å²) in [5.41, 5.74) is 0.645. The summed E-state index contributed by atoms with van der Waals surface area (Å²) in [7, 11) is 0. The molecule has 2 aliphatic rings. The molecule has 0 aromatic heterocycles. The van der Waals surface area contributed by atoms with Gasteiger partial charge in [-0.05, 0) is 33.1 Å². The summed E-state index contributed by atoms with van der Waals surface area (Å²) in [6, 6.07) is 4.90. The Morgan fingerprint density at radius 1 is 1.27 bits per heavy atom. The van der Waals surface area contributed by atoms with Crippen LogP contribution in [0.25, 0.3) is 0 Å². The van der Waals surface area contributed by atoms with Gasteiger partial charge in [-0.25, -0.2) is 0 Å². The van der Waals surface area contributed by atoms with Gasteiger partial charge in [-0.2, -0.15) is 0 Å². The van der Waals surface area contributed by atoms with Crippen molar-refractivity contribution >= 4 is 5.97 Å². The Bertz CT molecular complexity index is 813. The molecular weight excluding hydrogens is 326 g/mol. The molecule has 0 saturated carbocycles. The highest BCUT2D eigenvalue weighted by atomic mass is 16.5. The smallest absolute Gasteiger partial charge is 0.316 e. The number of aliphatic hydroxyl groups excluding tert-OH is 1.